The number of halogens is 1. The van der Waals surface area contributed by atoms with E-state index in [9.17, 15) is 9.18 Å². The molecule has 1 fully saturated rings. The number of rotatable bonds is 8. The number of carbonyl (C=O) groups excluding carboxylic acids is 1. The maximum Gasteiger partial charge on any atom is 0.162 e. The van der Waals surface area contributed by atoms with Crippen molar-refractivity contribution in [1.82, 2.24) is 9.80 Å². The van der Waals surface area contributed by atoms with Crippen molar-refractivity contribution in [2.45, 2.75) is 65.1 Å². The van der Waals surface area contributed by atoms with Crippen LogP contribution < -0.4 is 0 Å². The highest BCUT2D eigenvalue weighted by atomic mass is 19.1. The molecule has 0 aliphatic carbocycles. The van der Waals surface area contributed by atoms with Crippen LogP contribution in [0.25, 0.3) is 0 Å². The van der Waals surface area contributed by atoms with Gasteiger partial charge in [0.05, 0.1) is 0 Å². The Morgan fingerprint density at radius 1 is 0.865 bits per heavy atom. The molecule has 2 heterocycles. The van der Waals surface area contributed by atoms with Crippen LogP contribution >= 0.6 is 0 Å². The number of hydrogen-bond acceptors (Lipinski definition) is 3. The van der Waals surface area contributed by atoms with Crippen molar-refractivity contribution in [2.75, 3.05) is 19.6 Å². The van der Waals surface area contributed by atoms with E-state index in [1.807, 2.05) is 18.2 Å². The summed E-state index contributed by atoms with van der Waals surface area (Å²) in [6, 6.07) is 22.0. The number of Topliss-reactive ketones (excluding diaryl/α,β-unsaturated/α-hetero) is 1. The van der Waals surface area contributed by atoms with Crippen LogP contribution in [0, 0.1) is 18.7 Å². The highest BCUT2D eigenvalue weighted by Crippen LogP contribution is 2.26. The maximum absolute atomic E-state index is 13.3. The summed E-state index contributed by atoms with van der Waals surface area (Å²) >= 11 is 0. The fourth-order valence-electron chi connectivity index (χ4n) is 5.97. The van der Waals surface area contributed by atoms with Crippen LogP contribution in [0.1, 0.15) is 70.3 Å². The second-order valence-electron chi connectivity index (χ2n) is 11.1. The molecule has 2 aliphatic heterocycles. The Morgan fingerprint density at radius 2 is 1.65 bits per heavy atom. The third kappa shape index (κ3) is 7.15. The zero-order valence-corrected chi connectivity index (χ0v) is 22.1. The fraction of sp³-hybridized carbons (Fsp3) is 0.424. The van der Waals surface area contributed by atoms with Gasteiger partial charge in [0.2, 0.25) is 0 Å². The van der Waals surface area contributed by atoms with Crippen LogP contribution in [0.4, 0.5) is 4.39 Å². The molecular weight excluding hydrogens is 459 g/mol. The van der Waals surface area contributed by atoms with Gasteiger partial charge in [0.15, 0.2) is 5.78 Å². The van der Waals surface area contributed by atoms with E-state index in [-0.39, 0.29) is 11.6 Å². The number of benzene rings is 3. The molecule has 0 bridgehead atoms. The van der Waals surface area contributed by atoms with Crippen molar-refractivity contribution >= 4 is 5.78 Å². The Balaban J connectivity index is 1.12. The molecule has 1 saturated heterocycles. The number of ketones is 1. The molecule has 0 aromatic heterocycles. The van der Waals surface area contributed by atoms with E-state index in [4.69, 9.17) is 0 Å². The normalized spacial score (nSPS) is 17.4. The summed E-state index contributed by atoms with van der Waals surface area (Å²) in [5, 5.41) is 0. The zero-order valence-electron chi connectivity index (χ0n) is 22.1. The number of piperidine rings is 1. The number of hydrogen-bond donors (Lipinski definition) is 0. The standard InChI is InChI=1S/C33H39FN2O/c1-25-4-2-5-28(20-25)23-35-18-15-26(16-19-35)9-14-33(37)30-11-10-29-6-3-17-36(24-31(29)21-30)22-27-7-12-32(34)13-8-27/h2,4-5,7-8,10-13,20-21,26H,3,6,9,14-19,22-24H2,1H3. The van der Waals surface area contributed by atoms with Crippen molar-refractivity contribution in [1.29, 1.82) is 0 Å². The molecule has 37 heavy (non-hydrogen) atoms. The Bertz CT molecular complexity index is 1200. The van der Waals surface area contributed by atoms with E-state index < -0.39 is 0 Å². The molecule has 0 atom stereocenters. The van der Waals surface area contributed by atoms with Crippen LogP contribution in [0.15, 0.2) is 66.7 Å². The van der Waals surface area contributed by atoms with Gasteiger partial charge in [-0.2, -0.15) is 0 Å². The molecular formula is C33H39FN2O. The van der Waals surface area contributed by atoms with Gasteiger partial charge in [0, 0.05) is 31.6 Å². The largest absolute Gasteiger partial charge is 0.299 e. The van der Waals surface area contributed by atoms with Gasteiger partial charge in [0.1, 0.15) is 5.82 Å². The first-order valence-corrected chi connectivity index (χ1v) is 13.9. The Hall–Kier alpha value is -2.82. The molecule has 3 nitrogen and oxygen atoms in total. The van der Waals surface area contributed by atoms with E-state index in [1.54, 1.807) is 0 Å². The fourth-order valence-corrected chi connectivity index (χ4v) is 5.97. The van der Waals surface area contributed by atoms with E-state index in [0.717, 1.165) is 69.7 Å². The van der Waals surface area contributed by atoms with E-state index >= 15 is 0 Å². The number of nitrogens with zero attached hydrogens (tertiary/aromatic N) is 2. The highest BCUT2D eigenvalue weighted by molar-refractivity contribution is 5.96. The number of likely N-dealkylation sites (tertiary alicyclic amines) is 1. The smallest absolute Gasteiger partial charge is 0.162 e. The molecule has 0 N–H and O–H groups in total. The molecule has 0 saturated carbocycles. The molecule has 5 rings (SSSR count). The molecule has 0 amide bonds. The molecule has 0 unspecified atom stereocenters. The third-order valence-corrected chi connectivity index (χ3v) is 8.14. The minimum absolute atomic E-state index is 0.194. The number of fused-ring (bicyclic) bond motifs is 1. The van der Waals surface area contributed by atoms with Crippen molar-refractivity contribution in [3.8, 4) is 0 Å². The lowest BCUT2D eigenvalue weighted by molar-refractivity contribution is 0.0961. The van der Waals surface area contributed by atoms with Crippen molar-refractivity contribution in [3.05, 3.63) is 106 Å². The van der Waals surface area contributed by atoms with Crippen molar-refractivity contribution in [2.24, 2.45) is 5.92 Å². The first-order valence-electron chi connectivity index (χ1n) is 13.9. The van der Waals surface area contributed by atoms with Gasteiger partial charge in [0.25, 0.3) is 0 Å². The van der Waals surface area contributed by atoms with E-state index in [1.165, 1.54) is 47.2 Å². The number of carbonyl (C=O) groups is 1. The minimum atomic E-state index is -0.194. The van der Waals surface area contributed by atoms with Crippen molar-refractivity contribution in [3.63, 3.8) is 0 Å². The van der Waals surface area contributed by atoms with Gasteiger partial charge in [-0.1, -0.05) is 54.1 Å². The van der Waals surface area contributed by atoms with Gasteiger partial charge in [-0.3, -0.25) is 14.6 Å². The molecule has 3 aromatic rings. The lowest BCUT2D eigenvalue weighted by Gasteiger charge is -2.32. The predicted octanol–water partition coefficient (Wildman–Crippen LogP) is 6.96. The Labute approximate surface area is 221 Å². The second-order valence-corrected chi connectivity index (χ2v) is 11.1. The van der Waals surface area contributed by atoms with Gasteiger partial charge in [-0.05, 0) is 105 Å². The summed E-state index contributed by atoms with van der Waals surface area (Å²) in [5.41, 5.74) is 7.34. The second kappa shape index (κ2) is 12.1. The van der Waals surface area contributed by atoms with E-state index in [2.05, 4.69) is 53.1 Å². The summed E-state index contributed by atoms with van der Waals surface area (Å²) in [6.45, 7) is 8.08. The quantitative estimate of drug-likeness (QED) is 0.314. The average Bonchev–Trinajstić information content (AvgIpc) is 3.10. The Kier molecular flexibility index (Phi) is 8.48. The monoisotopic (exact) mass is 498 g/mol. The van der Waals surface area contributed by atoms with E-state index in [0.29, 0.717) is 12.3 Å². The first-order chi connectivity index (χ1) is 18.0. The lowest BCUT2D eigenvalue weighted by Crippen LogP contribution is -2.33. The molecule has 3 aromatic carbocycles. The van der Waals surface area contributed by atoms with Gasteiger partial charge < -0.3 is 0 Å². The maximum atomic E-state index is 13.3. The topological polar surface area (TPSA) is 23.6 Å². The van der Waals surface area contributed by atoms with Crippen LogP contribution in [0.3, 0.4) is 0 Å². The molecule has 2 aliphatic rings. The molecule has 0 spiro atoms. The van der Waals surface area contributed by atoms with Gasteiger partial charge in [-0.15, -0.1) is 0 Å². The summed E-state index contributed by atoms with van der Waals surface area (Å²) in [7, 11) is 0. The zero-order chi connectivity index (χ0) is 25.6. The minimum Gasteiger partial charge on any atom is -0.299 e. The van der Waals surface area contributed by atoms with Gasteiger partial charge >= 0.3 is 0 Å². The van der Waals surface area contributed by atoms with Crippen LogP contribution in [0.5, 0.6) is 0 Å². The van der Waals surface area contributed by atoms with Crippen LogP contribution in [-0.2, 0) is 26.1 Å². The molecule has 194 valence electrons. The number of aryl methyl sites for hydroxylation is 2. The summed E-state index contributed by atoms with van der Waals surface area (Å²) in [4.78, 5) is 18.1. The molecule has 4 heteroatoms. The highest BCUT2D eigenvalue weighted by Gasteiger charge is 2.21. The Morgan fingerprint density at radius 3 is 2.43 bits per heavy atom. The lowest BCUT2D eigenvalue weighted by atomic mass is 9.89. The average molecular weight is 499 g/mol. The molecule has 0 radical (unpaired) electrons. The summed E-state index contributed by atoms with van der Waals surface area (Å²) < 4.78 is 13.3. The summed E-state index contributed by atoms with van der Waals surface area (Å²) in [5.74, 6) is 0.727. The van der Waals surface area contributed by atoms with Crippen molar-refractivity contribution < 1.29 is 9.18 Å². The third-order valence-electron chi connectivity index (χ3n) is 8.14. The SMILES string of the molecule is Cc1cccc(CN2CCC(CCC(=O)c3ccc4c(c3)CN(Cc3ccc(F)cc3)CCC4)CC2)c1. The van der Waals surface area contributed by atoms with Gasteiger partial charge in [-0.25, -0.2) is 4.39 Å². The summed E-state index contributed by atoms with van der Waals surface area (Å²) in [6.07, 6.45) is 6.14. The van der Waals surface area contributed by atoms with Crippen LogP contribution in [-0.4, -0.2) is 35.2 Å². The first kappa shape index (κ1) is 25.8. The van der Waals surface area contributed by atoms with Crippen LogP contribution in [0.2, 0.25) is 0 Å². The predicted molar refractivity (Wildman–Crippen MR) is 148 cm³/mol.